The number of carbonyl (C=O) groups is 1. The molecule has 0 saturated carbocycles. The molecule has 0 spiro atoms. The number of halogens is 1. The van der Waals surface area contributed by atoms with Crippen molar-refractivity contribution in [1.29, 1.82) is 5.26 Å². The lowest BCUT2D eigenvalue weighted by Crippen LogP contribution is -2.47. The van der Waals surface area contributed by atoms with Crippen molar-refractivity contribution in [2.75, 3.05) is 46.4 Å². The van der Waals surface area contributed by atoms with E-state index < -0.39 is 6.17 Å². The van der Waals surface area contributed by atoms with Crippen LogP contribution in [0.25, 0.3) is 0 Å². The lowest BCUT2D eigenvalue weighted by atomic mass is 9.95. The Morgan fingerprint density at radius 1 is 1.19 bits per heavy atom. The Kier molecular flexibility index (Phi) is 6.73. The van der Waals surface area contributed by atoms with Gasteiger partial charge in [-0.05, 0) is 48.2 Å². The molecule has 1 saturated heterocycles. The average molecular weight is 438 g/mol. The maximum atomic E-state index is 15.1. The number of piperazine rings is 1. The molecule has 0 aromatic heterocycles. The van der Waals surface area contributed by atoms with E-state index in [2.05, 4.69) is 15.9 Å². The molecule has 6 nitrogen and oxygen atoms in total. The van der Waals surface area contributed by atoms with Crippen LogP contribution in [0, 0.1) is 18.3 Å². The largest absolute Gasteiger partial charge is 0.495 e. The van der Waals surface area contributed by atoms with Gasteiger partial charge in [-0.2, -0.15) is 5.26 Å². The topological polar surface area (TPSA) is 65.8 Å². The highest BCUT2D eigenvalue weighted by Gasteiger charge is 2.27. The first-order valence-electron chi connectivity index (χ1n) is 11.0. The van der Waals surface area contributed by atoms with E-state index in [1.807, 2.05) is 19.1 Å². The minimum Gasteiger partial charge on any atom is -0.495 e. The predicted octanol–water partition coefficient (Wildman–Crippen LogP) is 3.42. The van der Waals surface area contributed by atoms with Crippen molar-refractivity contribution < 1.29 is 18.7 Å². The van der Waals surface area contributed by atoms with E-state index in [9.17, 15) is 4.79 Å². The Bertz CT molecular complexity index is 1040. The van der Waals surface area contributed by atoms with Gasteiger partial charge in [0.15, 0.2) is 0 Å². The number of alkyl halides is 1. The molecule has 2 heterocycles. The Hall–Kier alpha value is -2.95. The number of hydrogen-bond donors (Lipinski definition) is 0. The van der Waals surface area contributed by atoms with E-state index in [4.69, 9.17) is 14.7 Å². The Morgan fingerprint density at radius 3 is 2.66 bits per heavy atom. The molecule has 2 aromatic rings. The third-order valence-corrected chi connectivity index (χ3v) is 6.53. The van der Waals surface area contributed by atoms with Crippen LogP contribution in [-0.4, -0.2) is 62.1 Å². The van der Waals surface area contributed by atoms with Crippen molar-refractivity contribution in [2.45, 2.75) is 26.1 Å². The van der Waals surface area contributed by atoms with Crippen LogP contribution in [0.3, 0.4) is 0 Å². The summed E-state index contributed by atoms with van der Waals surface area (Å²) in [7, 11) is 1.58. The third-order valence-electron chi connectivity index (χ3n) is 6.53. The number of benzene rings is 2. The number of nitriles is 1. The van der Waals surface area contributed by atoms with Crippen LogP contribution >= 0.6 is 0 Å². The zero-order valence-corrected chi connectivity index (χ0v) is 18.6. The molecule has 0 N–H and O–H groups in total. The summed E-state index contributed by atoms with van der Waals surface area (Å²) >= 11 is 0. The summed E-state index contributed by atoms with van der Waals surface area (Å²) in [5, 5.41) is 9.11. The summed E-state index contributed by atoms with van der Waals surface area (Å²) in [6.07, 6.45) is -0.211. The van der Waals surface area contributed by atoms with E-state index in [0.717, 1.165) is 55.8 Å². The summed E-state index contributed by atoms with van der Waals surface area (Å²) < 4.78 is 25.5. The van der Waals surface area contributed by atoms with Crippen molar-refractivity contribution in [1.82, 2.24) is 9.80 Å². The van der Waals surface area contributed by atoms with Crippen LogP contribution in [0.1, 0.15) is 44.3 Å². The number of cyclic esters (lactones) is 1. The van der Waals surface area contributed by atoms with Gasteiger partial charge in [-0.1, -0.05) is 12.1 Å². The number of esters is 1. The number of hydrogen-bond acceptors (Lipinski definition) is 6. The van der Waals surface area contributed by atoms with Crippen LogP contribution < -0.4 is 4.74 Å². The highest BCUT2D eigenvalue weighted by Crippen LogP contribution is 2.31. The van der Waals surface area contributed by atoms with E-state index in [1.54, 1.807) is 25.3 Å². The number of fused-ring (bicyclic) bond motifs is 1. The SMILES string of the molecule is COc1cc(CCN2CCN(CC(F)c3ccc4c(c3C)COC4=O)CC2)ccc1C#N. The first-order chi connectivity index (χ1) is 15.5. The predicted molar refractivity (Wildman–Crippen MR) is 118 cm³/mol. The van der Waals surface area contributed by atoms with Gasteiger partial charge in [-0.3, -0.25) is 4.90 Å². The summed E-state index contributed by atoms with van der Waals surface area (Å²) in [6.45, 7) is 6.82. The molecule has 1 atom stereocenters. The molecule has 7 heteroatoms. The lowest BCUT2D eigenvalue weighted by Gasteiger charge is -2.35. The number of nitrogens with zero attached hydrogens (tertiary/aromatic N) is 3. The van der Waals surface area contributed by atoms with E-state index >= 15 is 4.39 Å². The fourth-order valence-corrected chi connectivity index (χ4v) is 4.50. The Labute approximate surface area is 188 Å². The third kappa shape index (κ3) is 4.62. The van der Waals surface area contributed by atoms with Gasteiger partial charge in [0.2, 0.25) is 0 Å². The second-order valence-corrected chi connectivity index (χ2v) is 8.39. The minimum absolute atomic E-state index is 0.240. The Morgan fingerprint density at radius 2 is 1.94 bits per heavy atom. The molecule has 168 valence electrons. The van der Waals surface area contributed by atoms with Gasteiger partial charge in [0.1, 0.15) is 24.6 Å². The highest BCUT2D eigenvalue weighted by atomic mass is 19.1. The molecule has 0 radical (unpaired) electrons. The normalized spacial score (nSPS) is 17.5. The zero-order valence-electron chi connectivity index (χ0n) is 18.6. The fraction of sp³-hybridized carbons (Fsp3) is 0.440. The van der Waals surface area contributed by atoms with Gasteiger partial charge in [-0.25, -0.2) is 9.18 Å². The molecular weight excluding hydrogens is 409 g/mol. The minimum atomic E-state index is -1.09. The van der Waals surface area contributed by atoms with Crippen molar-refractivity contribution >= 4 is 5.97 Å². The molecule has 2 aliphatic rings. The van der Waals surface area contributed by atoms with Crippen LogP contribution in [-0.2, 0) is 17.8 Å². The fourth-order valence-electron chi connectivity index (χ4n) is 4.50. The smallest absolute Gasteiger partial charge is 0.338 e. The Balaban J connectivity index is 1.27. The number of methoxy groups -OCH3 is 1. The lowest BCUT2D eigenvalue weighted by molar-refractivity contribution is 0.0535. The molecule has 0 amide bonds. The molecule has 32 heavy (non-hydrogen) atoms. The summed E-state index contributed by atoms with van der Waals surface area (Å²) in [5.74, 6) is 0.294. The van der Waals surface area contributed by atoms with E-state index in [-0.39, 0.29) is 12.6 Å². The molecule has 1 fully saturated rings. The van der Waals surface area contributed by atoms with Crippen molar-refractivity contribution in [3.05, 3.63) is 63.7 Å². The van der Waals surface area contributed by atoms with Gasteiger partial charge in [0, 0.05) is 44.8 Å². The second-order valence-electron chi connectivity index (χ2n) is 8.39. The quantitative estimate of drug-likeness (QED) is 0.619. The first-order valence-corrected chi connectivity index (χ1v) is 11.0. The van der Waals surface area contributed by atoms with Crippen molar-refractivity contribution in [3.63, 3.8) is 0 Å². The van der Waals surface area contributed by atoms with Gasteiger partial charge in [-0.15, -0.1) is 0 Å². The van der Waals surface area contributed by atoms with Crippen LogP contribution in [0.15, 0.2) is 30.3 Å². The van der Waals surface area contributed by atoms with Crippen LogP contribution in [0.4, 0.5) is 4.39 Å². The standard InChI is InChI=1S/C25H28FN3O3/c1-17-20(5-6-21-22(17)16-32-25(21)30)23(26)15-29-11-9-28(10-12-29)8-7-18-3-4-19(14-27)24(13-18)31-2/h3-6,13,23H,7-12,15-16H2,1-2H3. The first kappa shape index (κ1) is 22.3. The van der Waals surface area contributed by atoms with Crippen molar-refractivity contribution in [2.24, 2.45) is 0 Å². The van der Waals surface area contributed by atoms with Gasteiger partial charge in [0.25, 0.3) is 0 Å². The maximum Gasteiger partial charge on any atom is 0.338 e. The highest BCUT2D eigenvalue weighted by molar-refractivity contribution is 5.93. The van der Waals surface area contributed by atoms with Crippen LogP contribution in [0.2, 0.25) is 0 Å². The maximum absolute atomic E-state index is 15.1. The summed E-state index contributed by atoms with van der Waals surface area (Å²) in [5.41, 5.74) is 4.55. The van der Waals surface area contributed by atoms with E-state index in [0.29, 0.717) is 29.0 Å². The number of rotatable bonds is 7. The second kappa shape index (κ2) is 9.68. The number of carbonyl (C=O) groups excluding carboxylic acids is 1. The molecule has 4 rings (SSSR count). The van der Waals surface area contributed by atoms with Crippen LogP contribution in [0.5, 0.6) is 5.75 Å². The summed E-state index contributed by atoms with van der Waals surface area (Å²) in [4.78, 5) is 16.3. The molecule has 1 unspecified atom stereocenters. The molecule has 0 aliphatic carbocycles. The molecule has 2 aliphatic heterocycles. The van der Waals surface area contributed by atoms with Gasteiger partial charge >= 0.3 is 5.97 Å². The number of ether oxygens (including phenoxy) is 2. The van der Waals surface area contributed by atoms with E-state index in [1.165, 1.54) is 0 Å². The molecule has 2 aromatic carbocycles. The van der Waals surface area contributed by atoms with Gasteiger partial charge < -0.3 is 14.4 Å². The van der Waals surface area contributed by atoms with Gasteiger partial charge in [0.05, 0.1) is 18.2 Å². The monoisotopic (exact) mass is 437 g/mol. The molecule has 0 bridgehead atoms. The average Bonchev–Trinajstić information content (AvgIpc) is 3.20. The summed E-state index contributed by atoms with van der Waals surface area (Å²) in [6, 6.07) is 11.3. The molecular formula is C25H28FN3O3. The zero-order chi connectivity index (χ0) is 22.7. The van der Waals surface area contributed by atoms with Crippen molar-refractivity contribution in [3.8, 4) is 11.8 Å².